The predicted molar refractivity (Wildman–Crippen MR) is 68.1 cm³/mol. The van der Waals surface area contributed by atoms with Gasteiger partial charge in [0.15, 0.2) is 0 Å². The van der Waals surface area contributed by atoms with Gasteiger partial charge in [0.05, 0.1) is 5.69 Å². The summed E-state index contributed by atoms with van der Waals surface area (Å²) in [4.78, 5) is 11.0. The van der Waals surface area contributed by atoms with Gasteiger partial charge in [-0.2, -0.15) is 0 Å². The summed E-state index contributed by atoms with van der Waals surface area (Å²) in [5, 5.41) is 8.79. The van der Waals surface area contributed by atoms with E-state index in [1.54, 1.807) is 6.07 Å². The van der Waals surface area contributed by atoms with Crippen LogP contribution in [0.25, 0.3) is 11.3 Å². The summed E-state index contributed by atoms with van der Waals surface area (Å²) >= 11 is 0. The molecule has 1 aromatic carbocycles. The fourth-order valence-corrected chi connectivity index (χ4v) is 1.84. The fraction of sp³-hybridized carbons (Fsp3) is 0.308. The van der Waals surface area contributed by atoms with E-state index in [0.717, 1.165) is 29.4 Å². The van der Waals surface area contributed by atoms with Gasteiger partial charge in [-0.05, 0) is 36.5 Å². The lowest BCUT2D eigenvalue weighted by atomic mass is 10.1. The highest BCUT2D eigenvalue weighted by Crippen LogP contribution is 2.29. The Hall–Kier alpha value is -1.97. The quantitative estimate of drug-likeness (QED) is 0.752. The average molecular weight is 229 g/mol. The number of aromatic amines is 2. The van der Waals surface area contributed by atoms with Crippen LogP contribution in [-0.2, 0) is 0 Å². The molecule has 3 N–H and O–H groups in total. The number of benzene rings is 1. The molecule has 0 atom stereocenters. The molecule has 0 spiro atoms. The lowest BCUT2D eigenvalue weighted by Gasteiger charge is -2.05. The van der Waals surface area contributed by atoms with Gasteiger partial charge in [-0.1, -0.05) is 12.1 Å². The Morgan fingerprint density at radius 3 is 2.53 bits per heavy atom. The lowest BCUT2D eigenvalue weighted by Crippen LogP contribution is -2.02. The van der Waals surface area contributed by atoms with Gasteiger partial charge in [-0.25, -0.2) is 0 Å². The van der Waals surface area contributed by atoms with E-state index in [-0.39, 0.29) is 5.56 Å². The summed E-state index contributed by atoms with van der Waals surface area (Å²) in [6.45, 7) is 1.07. The first-order valence-electron chi connectivity index (χ1n) is 5.93. The molecule has 1 aromatic heterocycles. The van der Waals surface area contributed by atoms with Crippen molar-refractivity contribution in [1.29, 1.82) is 0 Å². The Kier molecular flexibility index (Phi) is 2.48. The van der Waals surface area contributed by atoms with E-state index < -0.39 is 0 Å². The SMILES string of the molecule is O=c1cc(-c2ccc(NCC3CC3)cc2)[nH][nH]1. The molecule has 1 aliphatic rings. The van der Waals surface area contributed by atoms with Crippen LogP contribution < -0.4 is 10.9 Å². The van der Waals surface area contributed by atoms with Crippen LogP contribution in [0.4, 0.5) is 5.69 Å². The molecule has 3 rings (SSSR count). The van der Waals surface area contributed by atoms with Gasteiger partial charge in [0.1, 0.15) is 0 Å². The van der Waals surface area contributed by atoms with E-state index >= 15 is 0 Å². The molecule has 0 amide bonds. The van der Waals surface area contributed by atoms with Crippen LogP contribution in [0.3, 0.4) is 0 Å². The second-order valence-corrected chi connectivity index (χ2v) is 4.57. The first-order chi connectivity index (χ1) is 8.31. The molecule has 0 bridgehead atoms. The van der Waals surface area contributed by atoms with Crippen molar-refractivity contribution in [2.45, 2.75) is 12.8 Å². The van der Waals surface area contributed by atoms with Crippen molar-refractivity contribution in [2.24, 2.45) is 5.92 Å². The van der Waals surface area contributed by atoms with Gasteiger partial charge < -0.3 is 5.32 Å². The number of hydrogen-bond donors (Lipinski definition) is 3. The largest absolute Gasteiger partial charge is 0.385 e. The first-order valence-corrected chi connectivity index (χ1v) is 5.93. The molecule has 1 heterocycles. The normalized spacial score (nSPS) is 14.8. The number of hydrogen-bond acceptors (Lipinski definition) is 2. The minimum atomic E-state index is -0.101. The van der Waals surface area contributed by atoms with Gasteiger partial charge >= 0.3 is 0 Å². The number of rotatable bonds is 4. The van der Waals surface area contributed by atoms with E-state index in [9.17, 15) is 4.79 Å². The minimum absolute atomic E-state index is 0.101. The van der Waals surface area contributed by atoms with Crippen LogP contribution in [0.2, 0.25) is 0 Å². The highest BCUT2D eigenvalue weighted by molar-refractivity contribution is 5.62. The summed E-state index contributed by atoms with van der Waals surface area (Å²) in [5.41, 5.74) is 2.87. The Morgan fingerprint density at radius 1 is 1.18 bits per heavy atom. The minimum Gasteiger partial charge on any atom is -0.385 e. The van der Waals surface area contributed by atoms with Gasteiger partial charge in [0.25, 0.3) is 5.56 Å². The van der Waals surface area contributed by atoms with E-state index in [2.05, 4.69) is 15.5 Å². The highest BCUT2D eigenvalue weighted by Gasteiger charge is 2.20. The average Bonchev–Trinajstić information content (AvgIpc) is 3.09. The van der Waals surface area contributed by atoms with E-state index in [1.807, 2.05) is 24.3 Å². The second-order valence-electron chi connectivity index (χ2n) is 4.57. The predicted octanol–water partition coefficient (Wildman–Crippen LogP) is 2.19. The van der Waals surface area contributed by atoms with Crippen LogP contribution >= 0.6 is 0 Å². The third-order valence-corrected chi connectivity index (χ3v) is 3.08. The summed E-state index contributed by atoms with van der Waals surface area (Å²) in [7, 11) is 0. The third kappa shape index (κ3) is 2.41. The Labute approximate surface area is 99.1 Å². The van der Waals surface area contributed by atoms with E-state index in [4.69, 9.17) is 0 Å². The maximum atomic E-state index is 11.0. The Morgan fingerprint density at radius 2 is 1.94 bits per heavy atom. The highest BCUT2D eigenvalue weighted by atomic mass is 16.1. The fourth-order valence-electron chi connectivity index (χ4n) is 1.84. The maximum Gasteiger partial charge on any atom is 0.264 e. The number of aromatic nitrogens is 2. The van der Waals surface area contributed by atoms with Crippen molar-refractivity contribution in [2.75, 3.05) is 11.9 Å². The summed E-state index contributed by atoms with van der Waals surface area (Å²) in [6.07, 6.45) is 2.71. The summed E-state index contributed by atoms with van der Waals surface area (Å²) in [5.74, 6) is 0.871. The van der Waals surface area contributed by atoms with Crippen molar-refractivity contribution in [3.8, 4) is 11.3 Å². The van der Waals surface area contributed by atoms with Crippen molar-refractivity contribution in [3.05, 3.63) is 40.7 Å². The number of anilines is 1. The zero-order chi connectivity index (χ0) is 11.7. The molecule has 1 fully saturated rings. The molecule has 0 unspecified atom stereocenters. The third-order valence-electron chi connectivity index (χ3n) is 3.08. The smallest absolute Gasteiger partial charge is 0.264 e. The van der Waals surface area contributed by atoms with Crippen molar-refractivity contribution >= 4 is 5.69 Å². The van der Waals surface area contributed by atoms with Gasteiger partial charge in [0, 0.05) is 18.3 Å². The van der Waals surface area contributed by atoms with E-state index in [0.29, 0.717) is 0 Å². The molecular formula is C13H15N3O. The van der Waals surface area contributed by atoms with Gasteiger partial charge in [-0.3, -0.25) is 15.0 Å². The summed E-state index contributed by atoms with van der Waals surface area (Å²) in [6, 6.07) is 9.67. The van der Waals surface area contributed by atoms with Crippen LogP contribution in [0.5, 0.6) is 0 Å². The molecule has 4 heteroatoms. The molecule has 0 saturated heterocycles. The zero-order valence-corrected chi connectivity index (χ0v) is 9.49. The van der Waals surface area contributed by atoms with Crippen LogP contribution in [0.15, 0.2) is 35.1 Å². The van der Waals surface area contributed by atoms with Gasteiger partial charge in [0.2, 0.25) is 0 Å². The second kappa shape index (κ2) is 4.13. The molecule has 88 valence electrons. The Bertz CT molecular complexity index is 549. The van der Waals surface area contributed by atoms with Crippen LogP contribution in [-0.4, -0.2) is 16.7 Å². The monoisotopic (exact) mass is 229 g/mol. The molecule has 0 radical (unpaired) electrons. The van der Waals surface area contributed by atoms with Crippen LogP contribution in [0, 0.1) is 5.92 Å². The molecule has 2 aromatic rings. The molecule has 0 aliphatic heterocycles. The van der Waals surface area contributed by atoms with Crippen molar-refractivity contribution in [1.82, 2.24) is 10.2 Å². The molecule has 4 nitrogen and oxygen atoms in total. The van der Waals surface area contributed by atoms with Crippen molar-refractivity contribution < 1.29 is 0 Å². The van der Waals surface area contributed by atoms with Gasteiger partial charge in [-0.15, -0.1) is 0 Å². The van der Waals surface area contributed by atoms with E-state index in [1.165, 1.54) is 12.8 Å². The Balaban J connectivity index is 1.72. The molecular weight excluding hydrogens is 214 g/mol. The lowest BCUT2D eigenvalue weighted by molar-refractivity contribution is 0.889. The topological polar surface area (TPSA) is 60.7 Å². The zero-order valence-electron chi connectivity index (χ0n) is 9.49. The maximum absolute atomic E-state index is 11.0. The number of nitrogens with one attached hydrogen (secondary N) is 3. The molecule has 1 saturated carbocycles. The van der Waals surface area contributed by atoms with Crippen LogP contribution in [0.1, 0.15) is 12.8 Å². The molecule has 17 heavy (non-hydrogen) atoms. The standard InChI is InChI=1S/C13H15N3O/c17-13-7-12(15-16-13)10-3-5-11(6-4-10)14-8-9-1-2-9/h3-7,9,14H,1-2,8H2,(H2,15,16,17). The summed E-state index contributed by atoms with van der Waals surface area (Å²) < 4.78 is 0. The first kappa shape index (κ1) is 10.2. The van der Waals surface area contributed by atoms with Crippen molar-refractivity contribution in [3.63, 3.8) is 0 Å². The number of H-pyrrole nitrogens is 2. The molecule has 1 aliphatic carbocycles.